The van der Waals surface area contributed by atoms with Crippen molar-refractivity contribution in [1.82, 2.24) is 9.97 Å². The molecular formula is C17H26N4O. The summed E-state index contributed by atoms with van der Waals surface area (Å²) in [6.07, 6.45) is 8.75. The zero-order valence-corrected chi connectivity index (χ0v) is 13.5. The number of ether oxygens (including phenoxy) is 1. The third-order valence-electron chi connectivity index (χ3n) is 4.30. The van der Waals surface area contributed by atoms with Crippen molar-refractivity contribution in [2.75, 3.05) is 43.1 Å². The van der Waals surface area contributed by atoms with Crippen LogP contribution < -0.4 is 10.2 Å². The predicted molar refractivity (Wildman–Crippen MR) is 89.5 cm³/mol. The highest BCUT2D eigenvalue weighted by Crippen LogP contribution is 2.21. The van der Waals surface area contributed by atoms with Crippen LogP contribution in [0.1, 0.15) is 37.9 Å². The molecule has 1 aromatic heterocycles. The fraction of sp³-hybridized carbons (Fsp3) is 0.647. The molecule has 3 rings (SSSR count). The van der Waals surface area contributed by atoms with E-state index in [-0.39, 0.29) is 0 Å². The predicted octanol–water partition coefficient (Wildman–Crippen LogP) is 2.92. The molecule has 5 nitrogen and oxygen atoms in total. The van der Waals surface area contributed by atoms with Crippen molar-refractivity contribution in [2.45, 2.75) is 39.0 Å². The summed E-state index contributed by atoms with van der Waals surface area (Å²) in [4.78, 5) is 11.3. The molecule has 1 aliphatic heterocycles. The van der Waals surface area contributed by atoms with Gasteiger partial charge in [0.1, 0.15) is 17.5 Å². The molecule has 120 valence electrons. The van der Waals surface area contributed by atoms with E-state index in [1.54, 1.807) is 5.57 Å². The Labute approximate surface area is 132 Å². The van der Waals surface area contributed by atoms with Crippen molar-refractivity contribution in [3.63, 3.8) is 0 Å². The van der Waals surface area contributed by atoms with E-state index in [2.05, 4.69) is 32.3 Å². The number of allylic oxidation sites excluding steroid dienone is 1. The lowest BCUT2D eigenvalue weighted by Gasteiger charge is -2.28. The minimum atomic E-state index is 0.778. The SMILES string of the molecule is Cc1nc(NCCC2=CCCCC2)cc(N2CCOCC2)n1. The monoisotopic (exact) mass is 302 g/mol. The fourth-order valence-electron chi connectivity index (χ4n) is 3.08. The Morgan fingerprint density at radius 2 is 2.09 bits per heavy atom. The van der Waals surface area contributed by atoms with Crippen LogP contribution in [0.5, 0.6) is 0 Å². The first-order valence-corrected chi connectivity index (χ1v) is 8.41. The largest absolute Gasteiger partial charge is 0.378 e. The topological polar surface area (TPSA) is 50.3 Å². The summed E-state index contributed by atoms with van der Waals surface area (Å²) in [5.74, 6) is 2.77. The molecule has 0 saturated carbocycles. The molecule has 0 amide bonds. The number of hydrogen-bond acceptors (Lipinski definition) is 5. The van der Waals surface area contributed by atoms with Crippen molar-refractivity contribution in [3.8, 4) is 0 Å². The second kappa shape index (κ2) is 7.58. The van der Waals surface area contributed by atoms with Crippen LogP contribution in [0.2, 0.25) is 0 Å². The molecule has 22 heavy (non-hydrogen) atoms. The van der Waals surface area contributed by atoms with Gasteiger partial charge in [-0.05, 0) is 39.0 Å². The average molecular weight is 302 g/mol. The molecule has 0 atom stereocenters. The number of morpholine rings is 1. The Hall–Kier alpha value is -1.62. The van der Waals surface area contributed by atoms with Crippen molar-refractivity contribution in [3.05, 3.63) is 23.5 Å². The van der Waals surface area contributed by atoms with Gasteiger partial charge < -0.3 is 15.0 Å². The smallest absolute Gasteiger partial charge is 0.134 e. The van der Waals surface area contributed by atoms with Crippen LogP contribution >= 0.6 is 0 Å². The molecule has 1 aliphatic carbocycles. The first-order chi connectivity index (χ1) is 10.8. The van der Waals surface area contributed by atoms with Crippen molar-refractivity contribution in [1.29, 1.82) is 0 Å². The highest BCUT2D eigenvalue weighted by molar-refractivity contribution is 5.49. The van der Waals surface area contributed by atoms with E-state index in [9.17, 15) is 0 Å². The van der Waals surface area contributed by atoms with Gasteiger partial charge in [-0.1, -0.05) is 11.6 Å². The molecule has 0 unspecified atom stereocenters. The lowest BCUT2D eigenvalue weighted by atomic mass is 9.97. The average Bonchev–Trinajstić information content (AvgIpc) is 2.56. The summed E-state index contributed by atoms with van der Waals surface area (Å²) in [7, 11) is 0. The first kappa shape index (κ1) is 15.3. The van der Waals surface area contributed by atoms with Gasteiger partial charge in [-0.15, -0.1) is 0 Å². The Morgan fingerprint density at radius 3 is 2.86 bits per heavy atom. The Morgan fingerprint density at radius 1 is 1.23 bits per heavy atom. The van der Waals surface area contributed by atoms with Gasteiger partial charge >= 0.3 is 0 Å². The number of hydrogen-bond donors (Lipinski definition) is 1. The van der Waals surface area contributed by atoms with Gasteiger partial charge in [0.2, 0.25) is 0 Å². The maximum atomic E-state index is 5.41. The van der Waals surface area contributed by atoms with Gasteiger partial charge in [-0.25, -0.2) is 9.97 Å². The lowest BCUT2D eigenvalue weighted by Crippen LogP contribution is -2.37. The Bertz CT molecular complexity index is 523. The van der Waals surface area contributed by atoms with Crippen LogP contribution in [-0.4, -0.2) is 42.8 Å². The quantitative estimate of drug-likeness (QED) is 0.848. The van der Waals surface area contributed by atoms with E-state index in [0.717, 1.165) is 56.7 Å². The van der Waals surface area contributed by atoms with Crippen molar-refractivity contribution in [2.24, 2.45) is 0 Å². The van der Waals surface area contributed by atoms with Gasteiger partial charge in [0.15, 0.2) is 0 Å². The second-order valence-electron chi connectivity index (χ2n) is 6.04. The molecule has 0 bridgehead atoms. The van der Waals surface area contributed by atoms with E-state index >= 15 is 0 Å². The standard InChI is InChI=1S/C17H26N4O/c1-14-19-16(18-8-7-15-5-3-2-4-6-15)13-17(20-14)21-9-11-22-12-10-21/h5,13H,2-4,6-12H2,1H3,(H,18,19,20). The molecule has 1 N–H and O–H groups in total. The molecule has 1 aromatic rings. The van der Waals surface area contributed by atoms with Crippen LogP contribution in [0, 0.1) is 6.92 Å². The van der Waals surface area contributed by atoms with Gasteiger partial charge in [0, 0.05) is 25.7 Å². The van der Waals surface area contributed by atoms with E-state index < -0.39 is 0 Å². The van der Waals surface area contributed by atoms with Gasteiger partial charge in [0.25, 0.3) is 0 Å². The van der Waals surface area contributed by atoms with Crippen LogP contribution in [0.4, 0.5) is 11.6 Å². The van der Waals surface area contributed by atoms with Gasteiger partial charge in [-0.3, -0.25) is 0 Å². The number of nitrogens with zero attached hydrogens (tertiary/aromatic N) is 3. The summed E-state index contributed by atoms with van der Waals surface area (Å²) in [5.41, 5.74) is 1.60. The third-order valence-corrected chi connectivity index (χ3v) is 4.30. The third kappa shape index (κ3) is 4.19. The van der Waals surface area contributed by atoms with E-state index in [0.29, 0.717) is 0 Å². The molecule has 2 aliphatic rings. The number of nitrogens with one attached hydrogen (secondary N) is 1. The van der Waals surface area contributed by atoms with Crippen molar-refractivity contribution < 1.29 is 4.74 Å². The highest BCUT2D eigenvalue weighted by atomic mass is 16.5. The maximum Gasteiger partial charge on any atom is 0.134 e. The van der Waals surface area contributed by atoms with Crippen LogP contribution in [-0.2, 0) is 4.74 Å². The number of aryl methyl sites for hydroxylation is 1. The second-order valence-corrected chi connectivity index (χ2v) is 6.04. The summed E-state index contributed by atoms with van der Waals surface area (Å²) in [6, 6.07) is 2.06. The Kier molecular flexibility index (Phi) is 5.27. The van der Waals surface area contributed by atoms with E-state index in [4.69, 9.17) is 4.74 Å². The summed E-state index contributed by atoms with van der Waals surface area (Å²) >= 11 is 0. The molecule has 5 heteroatoms. The lowest BCUT2D eigenvalue weighted by molar-refractivity contribution is 0.122. The molecule has 0 radical (unpaired) electrons. The van der Waals surface area contributed by atoms with Gasteiger partial charge in [0.05, 0.1) is 13.2 Å². The molecule has 0 aromatic carbocycles. The van der Waals surface area contributed by atoms with Crippen LogP contribution in [0.3, 0.4) is 0 Å². The van der Waals surface area contributed by atoms with Gasteiger partial charge in [-0.2, -0.15) is 0 Å². The zero-order chi connectivity index (χ0) is 15.2. The molecular weight excluding hydrogens is 276 g/mol. The number of anilines is 2. The van der Waals surface area contributed by atoms with Crippen LogP contribution in [0.25, 0.3) is 0 Å². The molecule has 1 saturated heterocycles. The minimum Gasteiger partial charge on any atom is -0.378 e. The summed E-state index contributed by atoms with van der Waals surface area (Å²) in [6.45, 7) is 6.27. The zero-order valence-electron chi connectivity index (χ0n) is 13.5. The summed E-state index contributed by atoms with van der Waals surface area (Å²) in [5, 5.41) is 3.46. The minimum absolute atomic E-state index is 0.778. The maximum absolute atomic E-state index is 5.41. The van der Waals surface area contributed by atoms with E-state index in [1.165, 1.54) is 25.7 Å². The number of rotatable bonds is 5. The highest BCUT2D eigenvalue weighted by Gasteiger charge is 2.14. The van der Waals surface area contributed by atoms with E-state index in [1.807, 2.05) is 6.92 Å². The summed E-state index contributed by atoms with van der Waals surface area (Å²) < 4.78 is 5.41. The molecule has 2 heterocycles. The Balaban J connectivity index is 1.58. The fourth-order valence-corrected chi connectivity index (χ4v) is 3.08. The number of aromatic nitrogens is 2. The normalized spacial score (nSPS) is 19.0. The molecule has 1 fully saturated rings. The first-order valence-electron chi connectivity index (χ1n) is 8.41. The van der Waals surface area contributed by atoms with Crippen LogP contribution in [0.15, 0.2) is 17.7 Å². The van der Waals surface area contributed by atoms with Crippen molar-refractivity contribution >= 4 is 11.6 Å². The molecule has 0 spiro atoms.